The van der Waals surface area contributed by atoms with Gasteiger partial charge in [0.25, 0.3) is 5.91 Å². The molecule has 0 fully saturated rings. The molecule has 6 heteroatoms. The Labute approximate surface area is 105 Å². The molecule has 0 aliphatic rings. The fraction of sp³-hybridized carbons (Fsp3) is 0.417. The van der Waals surface area contributed by atoms with E-state index < -0.39 is 17.4 Å². The molecule has 0 radical (unpaired) electrons. The van der Waals surface area contributed by atoms with Crippen LogP contribution in [0.25, 0.3) is 0 Å². The van der Waals surface area contributed by atoms with Crippen LogP contribution in [0.3, 0.4) is 0 Å². The third-order valence-corrected chi connectivity index (χ3v) is 2.79. The Morgan fingerprint density at radius 1 is 1.44 bits per heavy atom. The number of rotatable bonds is 4. The van der Waals surface area contributed by atoms with E-state index in [1.807, 2.05) is 0 Å². The molecule has 98 valence electrons. The first-order chi connectivity index (χ1) is 8.32. The maximum Gasteiger partial charge on any atom is 0.329 e. The monoisotopic (exact) mass is 252 g/mol. The van der Waals surface area contributed by atoms with Crippen molar-refractivity contribution >= 4 is 11.9 Å². The number of aromatic nitrogens is 1. The molecule has 1 aromatic heterocycles. The van der Waals surface area contributed by atoms with Crippen LogP contribution in [0.5, 0.6) is 5.75 Å². The first-order valence-electron chi connectivity index (χ1n) is 5.50. The van der Waals surface area contributed by atoms with Crippen molar-refractivity contribution in [3.05, 3.63) is 24.0 Å². The Morgan fingerprint density at radius 2 is 2.06 bits per heavy atom. The summed E-state index contributed by atoms with van der Waals surface area (Å²) in [6.45, 7) is 4.78. The van der Waals surface area contributed by atoms with Gasteiger partial charge in [-0.3, -0.25) is 9.78 Å². The van der Waals surface area contributed by atoms with Crippen molar-refractivity contribution < 1.29 is 19.8 Å². The fourth-order valence-electron chi connectivity index (χ4n) is 1.62. The number of nitrogens with zero attached hydrogens (tertiary/aromatic N) is 2. The van der Waals surface area contributed by atoms with E-state index in [4.69, 9.17) is 5.11 Å². The van der Waals surface area contributed by atoms with Crippen molar-refractivity contribution in [2.45, 2.75) is 26.3 Å². The third-order valence-electron chi connectivity index (χ3n) is 2.79. The number of hydrogen-bond acceptors (Lipinski definition) is 4. The number of pyridine rings is 1. The minimum absolute atomic E-state index is 0.0428. The molecule has 1 amide bonds. The van der Waals surface area contributed by atoms with Crippen LogP contribution in [0.2, 0.25) is 0 Å². The van der Waals surface area contributed by atoms with Crippen molar-refractivity contribution in [2.24, 2.45) is 0 Å². The van der Waals surface area contributed by atoms with Gasteiger partial charge in [0, 0.05) is 12.7 Å². The molecule has 0 aliphatic carbocycles. The molecule has 0 unspecified atom stereocenters. The summed E-state index contributed by atoms with van der Waals surface area (Å²) in [4.78, 5) is 28.3. The summed E-state index contributed by atoms with van der Waals surface area (Å²) in [7, 11) is 0. The highest BCUT2D eigenvalue weighted by atomic mass is 16.4. The molecule has 1 heterocycles. The molecule has 6 nitrogen and oxygen atoms in total. The number of carboxylic acids is 1. The van der Waals surface area contributed by atoms with Gasteiger partial charge in [-0.2, -0.15) is 0 Å². The van der Waals surface area contributed by atoms with E-state index in [2.05, 4.69) is 4.98 Å². The first kappa shape index (κ1) is 14.0. The maximum absolute atomic E-state index is 12.2. The van der Waals surface area contributed by atoms with Crippen molar-refractivity contribution in [2.75, 3.05) is 6.54 Å². The highest BCUT2D eigenvalue weighted by Crippen LogP contribution is 2.22. The molecule has 0 aliphatic heterocycles. The number of aromatic hydroxyl groups is 1. The SMILES string of the molecule is CCN(C(=O)c1ccncc1O)C(C)(C)C(=O)O. The molecule has 2 N–H and O–H groups in total. The van der Waals surface area contributed by atoms with Crippen LogP contribution in [0.15, 0.2) is 18.5 Å². The summed E-state index contributed by atoms with van der Waals surface area (Å²) in [5.74, 6) is -1.90. The summed E-state index contributed by atoms with van der Waals surface area (Å²) in [5, 5.41) is 18.7. The molecule has 0 atom stereocenters. The minimum Gasteiger partial charge on any atom is -0.505 e. The van der Waals surface area contributed by atoms with E-state index in [-0.39, 0.29) is 17.9 Å². The van der Waals surface area contributed by atoms with Crippen LogP contribution in [0.4, 0.5) is 0 Å². The molecule has 18 heavy (non-hydrogen) atoms. The van der Waals surface area contributed by atoms with E-state index in [1.165, 1.54) is 31.0 Å². The average Bonchev–Trinajstić information content (AvgIpc) is 2.29. The van der Waals surface area contributed by atoms with Gasteiger partial charge >= 0.3 is 5.97 Å². The number of likely N-dealkylation sites (N-methyl/N-ethyl adjacent to an activating group) is 1. The van der Waals surface area contributed by atoms with Crippen LogP contribution in [0, 0.1) is 0 Å². The highest BCUT2D eigenvalue weighted by Gasteiger charge is 2.37. The maximum atomic E-state index is 12.2. The normalized spacial score (nSPS) is 11.1. The zero-order valence-corrected chi connectivity index (χ0v) is 10.5. The predicted molar refractivity (Wildman–Crippen MR) is 64.3 cm³/mol. The summed E-state index contributed by atoms with van der Waals surface area (Å²) in [5.41, 5.74) is -1.30. The number of carbonyl (C=O) groups excluding carboxylic acids is 1. The van der Waals surface area contributed by atoms with E-state index in [0.29, 0.717) is 0 Å². The topological polar surface area (TPSA) is 90.7 Å². The number of carboxylic acid groups (broad SMARTS) is 1. The molecular weight excluding hydrogens is 236 g/mol. The standard InChI is InChI=1S/C12H16N2O4/c1-4-14(12(2,3)11(17)18)10(16)8-5-6-13-7-9(8)15/h5-7,15H,4H2,1-3H3,(H,17,18). The van der Waals surface area contributed by atoms with Crippen LogP contribution >= 0.6 is 0 Å². The van der Waals surface area contributed by atoms with Gasteiger partial charge in [0.05, 0.1) is 11.8 Å². The molecule has 0 bridgehead atoms. The van der Waals surface area contributed by atoms with E-state index in [0.717, 1.165) is 6.20 Å². The van der Waals surface area contributed by atoms with Crippen LogP contribution in [-0.4, -0.2) is 44.1 Å². The van der Waals surface area contributed by atoms with Crippen LogP contribution in [-0.2, 0) is 4.79 Å². The Bertz CT molecular complexity index is 471. The van der Waals surface area contributed by atoms with Gasteiger partial charge in [-0.25, -0.2) is 4.79 Å². The zero-order valence-electron chi connectivity index (χ0n) is 10.5. The smallest absolute Gasteiger partial charge is 0.329 e. The Hall–Kier alpha value is -2.11. The van der Waals surface area contributed by atoms with Gasteiger partial charge < -0.3 is 15.1 Å². The molecule has 0 spiro atoms. The quantitative estimate of drug-likeness (QED) is 0.837. The van der Waals surface area contributed by atoms with Crippen molar-refractivity contribution in [3.63, 3.8) is 0 Å². The van der Waals surface area contributed by atoms with Gasteiger partial charge in [-0.15, -0.1) is 0 Å². The Balaban J connectivity index is 3.16. The molecule has 1 rings (SSSR count). The number of hydrogen-bond donors (Lipinski definition) is 2. The minimum atomic E-state index is -1.35. The lowest BCUT2D eigenvalue weighted by Crippen LogP contribution is -2.52. The zero-order chi connectivity index (χ0) is 13.9. The second kappa shape index (κ2) is 5.03. The van der Waals surface area contributed by atoms with Gasteiger partial charge in [-0.05, 0) is 26.8 Å². The molecule has 1 aromatic rings. The van der Waals surface area contributed by atoms with Crippen molar-refractivity contribution in [1.82, 2.24) is 9.88 Å². The number of aliphatic carboxylic acids is 1. The molecule has 0 aromatic carbocycles. The van der Waals surface area contributed by atoms with E-state index in [9.17, 15) is 14.7 Å². The summed E-state index contributed by atoms with van der Waals surface area (Å²) >= 11 is 0. The van der Waals surface area contributed by atoms with Gasteiger partial charge in [0.1, 0.15) is 11.3 Å². The van der Waals surface area contributed by atoms with Crippen LogP contribution in [0.1, 0.15) is 31.1 Å². The average molecular weight is 252 g/mol. The number of carbonyl (C=O) groups is 2. The molecule has 0 saturated heterocycles. The van der Waals surface area contributed by atoms with Crippen molar-refractivity contribution in [3.8, 4) is 5.75 Å². The second-order valence-corrected chi connectivity index (χ2v) is 4.31. The first-order valence-corrected chi connectivity index (χ1v) is 5.50. The summed E-state index contributed by atoms with van der Waals surface area (Å²) < 4.78 is 0. The lowest BCUT2D eigenvalue weighted by Gasteiger charge is -2.34. The molecule has 0 saturated carbocycles. The van der Waals surface area contributed by atoms with Gasteiger partial charge in [-0.1, -0.05) is 0 Å². The lowest BCUT2D eigenvalue weighted by atomic mass is 10.0. The summed E-state index contributed by atoms with van der Waals surface area (Å²) in [6, 6.07) is 1.36. The molecular formula is C12H16N2O4. The highest BCUT2D eigenvalue weighted by molar-refractivity contribution is 5.99. The Morgan fingerprint density at radius 3 is 2.50 bits per heavy atom. The largest absolute Gasteiger partial charge is 0.505 e. The van der Waals surface area contributed by atoms with E-state index >= 15 is 0 Å². The predicted octanol–water partition coefficient (Wildman–Crippen LogP) is 1.11. The Kier molecular flexibility index (Phi) is 3.90. The van der Waals surface area contributed by atoms with Gasteiger partial charge in [0.15, 0.2) is 0 Å². The van der Waals surface area contributed by atoms with E-state index in [1.54, 1.807) is 6.92 Å². The second-order valence-electron chi connectivity index (χ2n) is 4.31. The van der Waals surface area contributed by atoms with Gasteiger partial charge in [0.2, 0.25) is 0 Å². The van der Waals surface area contributed by atoms with Crippen molar-refractivity contribution in [1.29, 1.82) is 0 Å². The van der Waals surface area contributed by atoms with Crippen LogP contribution < -0.4 is 0 Å². The number of amides is 1. The third kappa shape index (κ3) is 2.42. The lowest BCUT2D eigenvalue weighted by molar-refractivity contribution is -0.147. The fourth-order valence-corrected chi connectivity index (χ4v) is 1.62. The summed E-state index contributed by atoms with van der Waals surface area (Å²) in [6.07, 6.45) is 2.52.